The molecule has 0 fully saturated rings. The van der Waals surface area contributed by atoms with Crippen molar-refractivity contribution >= 4 is 39.1 Å². The molecule has 2 aromatic heterocycles. The van der Waals surface area contributed by atoms with E-state index >= 15 is 0 Å². The first-order valence-electron chi connectivity index (χ1n) is 4.93. The number of carbonyl (C=O) groups excluding carboxylic acids is 1. The lowest BCUT2D eigenvalue weighted by molar-refractivity contribution is 0.252. The molecule has 0 saturated heterocycles. The van der Waals surface area contributed by atoms with Gasteiger partial charge in [-0.3, -0.25) is 5.32 Å². The fraction of sp³-hybridized carbons (Fsp3) is 0.0909. The number of rotatable bonds is 3. The van der Waals surface area contributed by atoms with Crippen LogP contribution in [0.2, 0.25) is 0 Å². The van der Waals surface area contributed by atoms with E-state index in [9.17, 15) is 4.79 Å². The van der Waals surface area contributed by atoms with Gasteiger partial charge in [0.2, 0.25) is 0 Å². The molecule has 0 radical (unpaired) electrons. The summed E-state index contributed by atoms with van der Waals surface area (Å²) in [7, 11) is 0. The summed E-state index contributed by atoms with van der Waals surface area (Å²) in [6.45, 7) is 0.528. The first-order chi connectivity index (χ1) is 8.24. The SMILES string of the molecule is O=C(NCc1cccs1)Nc1ccc(Br)cn1. The standard InChI is InChI=1S/C11H10BrN3OS/c12-8-3-4-10(13-6-8)15-11(16)14-7-9-2-1-5-17-9/h1-6H,7H2,(H2,13,14,15,16). The number of hydrogen-bond acceptors (Lipinski definition) is 3. The van der Waals surface area contributed by atoms with Crippen molar-refractivity contribution in [3.63, 3.8) is 0 Å². The summed E-state index contributed by atoms with van der Waals surface area (Å²) >= 11 is 4.89. The molecule has 0 atom stereocenters. The smallest absolute Gasteiger partial charge is 0.320 e. The van der Waals surface area contributed by atoms with Gasteiger partial charge in [0.1, 0.15) is 5.82 Å². The molecule has 2 rings (SSSR count). The van der Waals surface area contributed by atoms with Crippen molar-refractivity contribution in [1.82, 2.24) is 10.3 Å². The number of amides is 2. The topological polar surface area (TPSA) is 54.0 Å². The van der Waals surface area contributed by atoms with Crippen LogP contribution in [-0.4, -0.2) is 11.0 Å². The fourth-order valence-corrected chi connectivity index (χ4v) is 2.07. The summed E-state index contributed by atoms with van der Waals surface area (Å²) in [4.78, 5) is 16.7. The Balaban J connectivity index is 1.83. The van der Waals surface area contributed by atoms with E-state index in [2.05, 4.69) is 31.5 Å². The Kier molecular flexibility index (Phi) is 4.11. The number of nitrogens with one attached hydrogen (secondary N) is 2. The summed E-state index contributed by atoms with van der Waals surface area (Å²) in [5.74, 6) is 0.525. The molecule has 88 valence electrons. The average molecular weight is 312 g/mol. The number of nitrogens with zero attached hydrogens (tertiary/aromatic N) is 1. The van der Waals surface area contributed by atoms with Gasteiger partial charge in [-0.1, -0.05) is 6.07 Å². The molecule has 0 unspecified atom stereocenters. The van der Waals surface area contributed by atoms with Gasteiger partial charge in [-0.25, -0.2) is 9.78 Å². The molecular formula is C11H10BrN3OS. The Hall–Kier alpha value is -1.40. The van der Waals surface area contributed by atoms with Crippen LogP contribution >= 0.6 is 27.3 Å². The number of anilines is 1. The zero-order valence-corrected chi connectivity index (χ0v) is 11.2. The highest BCUT2D eigenvalue weighted by Crippen LogP contribution is 2.10. The Morgan fingerprint density at radius 1 is 1.41 bits per heavy atom. The average Bonchev–Trinajstić information content (AvgIpc) is 2.83. The van der Waals surface area contributed by atoms with Crippen molar-refractivity contribution < 1.29 is 4.79 Å². The lowest BCUT2D eigenvalue weighted by Crippen LogP contribution is -2.28. The molecule has 0 aliphatic rings. The van der Waals surface area contributed by atoms with Crippen LogP contribution in [-0.2, 0) is 6.54 Å². The Morgan fingerprint density at radius 3 is 2.94 bits per heavy atom. The monoisotopic (exact) mass is 311 g/mol. The maximum atomic E-state index is 11.5. The van der Waals surface area contributed by atoms with Gasteiger partial charge in [0.25, 0.3) is 0 Å². The first kappa shape index (κ1) is 12.1. The Bertz CT molecular complexity index is 484. The maximum Gasteiger partial charge on any atom is 0.320 e. The normalized spacial score (nSPS) is 9.94. The summed E-state index contributed by atoms with van der Waals surface area (Å²) in [6, 6.07) is 7.23. The predicted octanol–water partition coefficient (Wildman–Crippen LogP) is 3.23. The highest BCUT2D eigenvalue weighted by atomic mass is 79.9. The number of hydrogen-bond donors (Lipinski definition) is 2. The number of halogens is 1. The quantitative estimate of drug-likeness (QED) is 0.914. The van der Waals surface area contributed by atoms with Gasteiger partial charge < -0.3 is 5.32 Å². The largest absolute Gasteiger partial charge is 0.333 e. The third-order valence-electron chi connectivity index (χ3n) is 1.97. The minimum absolute atomic E-state index is 0.256. The highest BCUT2D eigenvalue weighted by molar-refractivity contribution is 9.10. The van der Waals surface area contributed by atoms with Crippen molar-refractivity contribution in [2.75, 3.05) is 5.32 Å². The summed E-state index contributed by atoms with van der Waals surface area (Å²) < 4.78 is 0.877. The van der Waals surface area contributed by atoms with Crippen molar-refractivity contribution in [2.24, 2.45) is 0 Å². The van der Waals surface area contributed by atoms with E-state index in [4.69, 9.17) is 0 Å². The van der Waals surface area contributed by atoms with E-state index in [0.717, 1.165) is 9.35 Å². The molecule has 4 nitrogen and oxygen atoms in total. The van der Waals surface area contributed by atoms with Gasteiger partial charge in [0.15, 0.2) is 0 Å². The lowest BCUT2D eigenvalue weighted by Gasteiger charge is -2.05. The van der Waals surface area contributed by atoms with Crippen LogP contribution in [0.3, 0.4) is 0 Å². The lowest BCUT2D eigenvalue weighted by atomic mass is 10.4. The molecule has 0 saturated carbocycles. The molecule has 0 aliphatic heterocycles. The van der Waals surface area contributed by atoms with E-state index in [1.54, 1.807) is 23.6 Å². The van der Waals surface area contributed by atoms with Crippen LogP contribution in [0.25, 0.3) is 0 Å². The number of urea groups is 1. The fourth-order valence-electron chi connectivity index (χ4n) is 1.19. The predicted molar refractivity (Wildman–Crippen MR) is 72.1 cm³/mol. The van der Waals surface area contributed by atoms with E-state index in [-0.39, 0.29) is 6.03 Å². The van der Waals surface area contributed by atoms with Crippen molar-refractivity contribution in [1.29, 1.82) is 0 Å². The molecule has 0 spiro atoms. The number of carbonyl (C=O) groups is 1. The minimum atomic E-state index is -0.256. The van der Waals surface area contributed by atoms with Gasteiger partial charge in [-0.15, -0.1) is 11.3 Å². The number of thiophene rings is 1. The van der Waals surface area contributed by atoms with Crippen molar-refractivity contribution in [2.45, 2.75) is 6.54 Å². The van der Waals surface area contributed by atoms with Gasteiger partial charge in [0, 0.05) is 15.5 Å². The van der Waals surface area contributed by atoms with Gasteiger partial charge in [-0.05, 0) is 39.5 Å². The Labute approximate surface area is 111 Å². The van der Waals surface area contributed by atoms with Crippen LogP contribution < -0.4 is 10.6 Å². The second kappa shape index (κ2) is 5.79. The molecule has 2 N–H and O–H groups in total. The minimum Gasteiger partial charge on any atom is -0.333 e. The molecule has 6 heteroatoms. The molecule has 0 aliphatic carbocycles. The molecular weight excluding hydrogens is 302 g/mol. The molecule has 2 amide bonds. The highest BCUT2D eigenvalue weighted by Gasteiger charge is 2.02. The van der Waals surface area contributed by atoms with Gasteiger partial charge in [0.05, 0.1) is 6.54 Å². The summed E-state index contributed by atoms with van der Waals surface area (Å²) in [5, 5.41) is 7.39. The van der Waals surface area contributed by atoms with Crippen molar-refractivity contribution in [3.05, 3.63) is 45.2 Å². The summed E-state index contributed by atoms with van der Waals surface area (Å²) in [5.41, 5.74) is 0. The van der Waals surface area contributed by atoms with E-state index in [0.29, 0.717) is 12.4 Å². The first-order valence-corrected chi connectivity index (χ1v) is 6.60. The van der Waals surface area contributed by atoms with Crippen LogP contribution in [0.4, 0.5) is 10.6 Å². The zero-order valence-electron chi connectivity index (χ0n) is 8.81. The van der Waals surface area contributed by atoms with Gasteiger partial charge >= 0.3 is 6.03 Å². The van der Waals surface area contributed by atoms with Crippen LogP contribution in [0, 0.1) is 0 Å². The Morgan fingerprint density at radius 2 is 2.29 bits per heavy atom. The summed E-state index contributed by atoms with van der Waals surface area (Å²) in [6.07, 6.45) is 1.63. The number of pyridine rings is 1. The van der Waals surface area contributed by atoms with Crippen molar-refractivity contribution in [3.8, 4) is 0 Å². The molecule has 2 heterocycles. The maximum absolute atomic E-state index is 11.5. The number of aromatic nitrogens is 1. The van der Waals surface area contributed by atoms with Gasteiger partial charge in [-0.2, -0.15) is 0 Å². The second-order valence-corrected chi connectivity index (χ2v) is 5.20. The van der Waals surface area contributed by atoms with Crippen LogP contribution in [0.5, 0.6) is 0 Å². The molecule has 0 bridgehead atoms. The molecule has 2 aromatic rings. The third kappa shape index (κ3) is 3.83. The van der Waals surface area contributed by atoms with E-state index in [1.807, 2.05) is 23.6 Å². The zero-order chi connectivity index (χ0) is 12.1. The van der Waals surface area contributed by atoms with E-state index < -0.39 is 0 Å². The van der Waals surface area contributed by atoms with Crippen LogP contribution in [0.15, 0.2) is 40.3 Å². The molecule has 17 heavy (non-hydrogen) atoms. The third-order valence-corrected chi connectivity index (χ3v) is 3.32. The van der Waals surface area contributed by atoms with Crippen LogP contribution in [0.1, 0.15) is 4.88 Å². The second-order valence-electron chi connectivity index (χ2n) is 3.25. The molecule has 0 aromatic carbocycles. The van der Waals surface area contributed by atoms with E-state index in [1.165, 1.54) is 0 Å².